The number of aliphatic imine (C=N–C) groups is 1. The second kappa shape index (κ2) is 9.19. The Bertz CT molecular complexity index is 286. The van der Waals surface area contributed by atoms with Crippen LogP contribution < -0.4 is 10.6 Å². The van der Waals surface area contributed by atoms with Crippen molar-refractivity contribution in [1.82, 2.24) is 15.5 Å². The maximum Gasteiger partial charge on any atom is 0.191 e. The van der Waals surface area contributed by atoms with Crippen LogP contribution in [0.15, 0.2) is 4.99 Å². The predicted molar refractivity (Wildman–Crippen MR) is 85.2 cm³/mol. The van der Waals surface area contributed by atoms with Gasteiger partial charge in [-0.3, -0.25) is 9.89 Å². The number of rotatable bonds is 6. The summed E-state index contributed by atoms with van der Waals surface area (Å²) in [5, 5.41) is 6.82. The summed E-state index contributed by atoms with van der Waals surface area (Å²) in [6.07, 6.45) is 0. The lowest BCUT2D eigenvalue weighted by molar-refractivity contribution is 0.00752. The molecule has 1 aliphatic heterocycles. The maximum atomic E-state index is 5.44. The smallest absolute Gasteiger partial charge is 0.191 e. The molecule has 5 nitrogen and oxygen atoms in total. The normalized spacial score (nSPS) is 19.4. The van der Waals surface area contributed by atoms with E-state index in [1.165, 1.54) is 0 Å². The zero-order chi connectivity index (χ0) is 15.0. The summed E-state index contributed by atoms with van der Waals surface area (Å²) in [6.45, 7) is 14.6. The van der Waals surface area contributed by atoms with Crippen LogP contribution in [0.25, 0.3) is 0 Å². The zero-order valence-electron chi connectivity index (χ0n) is 13.8. The number of ether oxygens (including phenoxy) is 1. The van der Waals surface area contributed by atoms with E-state index in [-0.39, 0.29) is 0 Å². The van der Waals surface area contributed by atoms with Crippen LogP contribution in [-0.2, 0) is 4.74 Å². The van der Waals surface area contributed by atoms with Gasteiger partial charge in [0.25, 0.3) is 0 Å². The van der Waals surface area contributed by atoms with E-state index in [9.17, 15) is 0 Å². The average molecular weight is 284 g/mol. The van der Waals surface area contributed by atoms with Gasteiger partial charge in [-0.1, -0.05) is 27.7 Å². The Kier molecular flexibility index (Phi) is 7.92. The molecule has 0 aromatic rings. The maximum absolute atomic E-state index is 5.44. The van der Waals surface area contributed by atoms with Crippen molar-refractivity contribution in [2.75, 3.05) is 46.4 Å². The van der Waals surface area contributed by atoms with Gasteiger partial charge in [0, 0.05) is 39.3 Å². The monoisotopic (exact) mass is 284 g/mol. The van der Waals surface area contributed by atoms with Crippen molar-refractivity contribution < 1.29 is 4.74 Å². The van der Waals surface area contributed by atoms with Crippen LogP contribution in [0.3, 0.4) is 0 Å². The fraction of sp³-hybridized carbons (Fsp3) is 0.933. The van der Waals surface area contributed by atoms with Gasteiger partial charge >= 0.3 is 0 Å². The molecule has 0 amide bonds. The van der Waals surface area contributed by atoms with Gasteiger partial charge in [-0.25, -0.2) is 0 Å². The van der Waals surface area contributed by atoms with E-state index in [4.69, 9.17) is 4.74 Å². The minimum absolute atomic E-state index is 0.525. The third-order valence-electron chi connectivity index (χ3n) is 3.66. The standard InChI is InChI=1S/C15H32N4O/c1-12(2)10-17-15(16-5)18-11-14(13(3)4)19-6-8-20-9-7-19/h12-14H,6-11H2,1-5H3,(H2,16,17,18). The van der Waals surface area contributed by atoms with Crippen LogP contribution in [-0.4, -0.2) is 63.3 Å². The number of morpholine rings is 1. The first-order chi connectivity index (χ1) is 9.54. The van der Waals surface area contributed by atoms with E-state index in [1.54, 1.807) is 0 Å². The van der Waals surface area contributed by atoms with Gasteiger partial charge in [0.1, 0.15) is 0 Å². The summed E-state index contributed by atoms with van der Waals surface area (Å²) >= 11 is 0. The number of nitrogens with zero attached hydrogens (tertiary/aromatic N) is 2. The number of hydrogen-bond acceptors (Lipinski definition) is 3. The SMILES string of the molecule is CN=C(NCC(C)C)NCC(C(C)C)N1CCOCC1. The molecule has 1 rings (SSSR count). The molecule has 1 saturated heterocycles. The molecule has 0 radical (unpaired) electrons. The highest BCUT2D eigenvalue weighted by Gasteiger charge is 2.23. The molecule has 0 aromatic carbocycles. The van der Waals surface area contributed by atoms with Crippen molar-refractivity contribution in [3.05, 3.63) is 0 Å². The van der Waals surface area contributed by atoms with Crippen molar-refractivity contribution in [3.8, 4) is 0 Å². The fourth-order valence-electron chi connectivity index (χ4n) is 2.42. The van der Waals surface area contributed by atoms with Gasteiger partial charge < -0.3 is 15.4 Å². The highest BCUT2D eigenvalue weighted by atomic mass is 16.5. The topological polar surface area (TPSA) is 48.9 Å². The minimum atomic E-state index is 0.525. The number of hydrogen-bond donors (Lipinski definition) is 2. The number of nitrogens with one attached hydrogen (secondary N) is 2. The van der Waals surface area contributed by atoms with E-state index >= 15 is 0 Å². The third-order valence-corrected chi connectivity index (χ3v) is 3.66. The Balaban J connectivity index is 2.44. The summed E-state index contributed by atoms with van der Waals surface area (Å²) in [5.74, 6) is 2.13. The van der Waals surface area contributed by atoms with Crippen LogP contribution in [0, 0.1) is 11.8 Å². The molecule has 0 aliphatic carbocycles. The predicted octanol–water partition coefficient (Wildman–Crippen LogP) is 1.16. The van der Waals surface area contributed by atoms with E-state index in [1.807, 2.05) is 7.05 Å². The molecule has 1 unspecified atom stereocenters. The first-order valence-electron chi connectivity index (χ1n) is 7.81. The molecule has 1 aliphatic rings. The first kappa shape index (κ1) is 17.2. The van der Waals surface area contributed by atoms with Crippen molar-refractivity contribution >= 4 is 5.96 Å². The minimum Gasteiger partial charge on any atom is -0.379 e. The van der Waals surface area contributed by atoms with Crippen molar-refractivity contribution in [1.29, 1.82) is 0 Å². The molecule has 20 heavy (non-hydrogen) atoms. The van der Waals surface area contributed by atoms with Crippen LogP contribution in [0.5, 0.6) is 0 Å². The second-order valence-corrected chi connectivity index (χ2v) is 6.19. The highest BCUT2D eigenvalue weighted by Crippen LogP contribution is 2.12. The van der Waals surface area contributed by atoms with Gasteiger partial charge in [-0.2, -0.15) is 0 Å². The molecule has 1 atom stereocenters. The summed E-state index contributed by atoms with van der Waals surface area (Å²) in [7, 11) is 1.83. The molecule has 118 valence electrons. The van der Waals surface area contributed by atoms with Gasteiger partial charge in [-0.15, -0.1) is 0 Å². The van der Waals surface area contributed by atoms with Crippen molar-refractivity contribution in [2.24, 2.45) is 16.8 Å². The third kappa shape index (κ3) is 6.09. The van der Waals surface area contributed by atoms with Gasteiger partial charge in [0.15, 0.2) is 5.96 Å². The first-order valence-corrected chi connectivity index (χ1v) is 7.81. The lowest BCUT2D eigenvalue weighted by Gasteiger charge is -2.37. The molecular formula is C15H32N4O. The largest absolute Gasteiger partial charge is 0.379 e. The fourth-order valence-corrected chi connectivity index (χ4v) is 2.42. The Morgan fingerprint density at radius 1 is 1.10 bits per heavy atom. The number of guanidine groups is 1. The van der Waals surface area contributed by atoms with Crippen LogP contribution in [0.4, 0.5) is 0 Å². The Labute approximate surface area is 124 Å². The Hall–Kier alpha value is -0.810. The van der Waals surface area contributed by atoms with E-state index in [0.717, 1.165) is 45.4 Å². The molecule has 2 N–H and O–H groups in total. The molecule has 0 saturated carbocycles. The summed E-state index contributed by atoms with van der Waals surface area (Å²) in [6, 6.07) is 0.525. The van der Waals surface area contributed by atoms with Gasteiger partial charge in [0.2, 0.25) is 0 Å². The van der Waals surface area contributed by atoms with Crippen LogP contribution >= 0.6 is 0 Å². The van der Waals surface area contributed by atoms with Crippen LogP contribution in [0.1, 0.15) is 27.7 Å². The van der Waals surface area contributed by atoms with E-state index in [2.05, 4.69) is 48.2 Å². The molecule has 1 heterocycles. The summed E-state index contributed by atoms with van der Waals surface area (Å²) < 4.78 is 5.44. The lowest BCUT2D eigenvalue weighted by atomic mass is 10.0. The molecule has 0 spiro atoms. The highest BCUT2D eigenvalue weighted by molar-refractivity contribution is 5.79. The Morgan fingerprint density at radius 3 is 2.20 bits per heavy atom. The van der Waals surface area contributed by atoms with Gasteiger partial charge in [-0.05, 0) is 11.8 Å². The molecule has 0 bridgehead atoms. The summed E-state index contributed by atoms with van der Waals surface area (Å²) in [5.41, 5.74) is 0. The zero-order valence-corrected chi connectivity index (χ0v) is 13.8. The average Bonchev–Trinajstić information content (AvgIpc) is 2.43. The molecule has 0 aromatic heterocycles. The lowest BCUT2D eigenvalue weighted by Crippen LogP contribution is -2.52. The molecular weight excluding hydrogens is 252 g/mol. The quantitative estimate of drug-likeness (QED) is 0.568. The Morgan fingerprint density at radius 2 is 1.70 bits per heavy atom. The van der Waals surface area contributed by atoms with Crippen molar-refractivity contribution in [3.63, 3.8) is 0 Å². The summed E-state index contributed by atoms with van der Waals surface area (Å²) in [4.78, 5) is 6.81. The molecule has 1 fully saturated rings. The van der Waals surface area contributed by atoms with E-state index in [0.29, 0.717) is 17.9 Å². The van der Waals surface area contributed by atoms with Crippen LogP contribution in [0.2, 0.25) is 0 Å². The second-order valence-electron chi connectivity index (χ2n) is 6.19. The molecule has 5 heteroatoms. The van der Waals surface area contributed by atoms with Crippen molar-refractivity contribution in [2.45, 2.75) is 33.7 Å². The van der Waals surface area contributed by atoms with E-state index < -0.39 is 0 Å². The van der Waals surface area contributed by atoms with Gasteiger partial charge in [0.05, 0.1) is 13.2 Å².